The summed E-state index contributed by atoms with van der Waals surface area (Å²) < 4.78 is 0. The molecule has 1 aromatic rings. The fourth-order valence-corrected chi connectivity index (χ4v) is 3.69. The molecule has 104 valence electrons. The Bertz CT molecular complexity index is 435. The highest BCUT2D eigenvalue weighted by Crippen LogP contribution is 2.35. The van der Waals surface area contributed by atoms with E-state index in [9.17, 15) is 0 Å². The molecule has 19 heavy (non-hydrogen) atoms. The Kier molecular flexibility index (Phi) is 3.30. The monoisotopic (exact) mass is 258 g/mol. The molecule has 2 fully saturated rings. The van der Waals surface area contributed by atoms with Gasteiger partial charge >= 0.3 is 0 Å². The summed E-state index contributed by atoms with van der Waals surface area (Å²) >= 11 is 0. The Balaban J connectivity index is 1.90. The number of nitrogens with one attached hydrogen (secondary N) is 1. The summed E-state index contributed by atoms with van der Waals surface area (Å²) in [6, 6.07) is 8.98. The number of piperidine rings is 2. The van der Waals surface area contributed by atoms with Gasteiger partial charge in [0.15, 0.2) is 0 Å². The molecule has 2 saturated heterocycles. The first-order valence-corrected chi connectivity index (χ1v) is 7.59. The normalized spacial score (nSPS) is 27.4. The van der Waals surface area contributed by atoms with Crippen molar-refractivity contribution in [2.45, 2.75) is 32.6 Å². The van der Waals surface area contributed by atoms with E-state index in [2.05, 4.69) is 55.3 Å². The van der Waals surface area contributed by atoms with Crippen molar-refractivity contribution in [3.63, 3.8) is 0 Å². The van der Waals surface area contributed by atoms with Gasteiger partial charge in [-0.05, 0) is 48.4 Å². The number of nitrogens with zero attached hydrogens (tertiary/aromatic N) is 1. The predicted molar refractivity (Wildman–Crippen MR) is 81.8 cm³/mol. The number of benzene rings is 1. The van der Waals surface area contributed by atoms with Crippen LogP contribution in [0.4, 0.5) is 5.69 Å². The fourth-order valence-electron chi connectivity index (χ4n) is 3.69. The van der Waals surface area contributed by atoms with Crippen molar-refractivity contribution in [2.24, 2.45) is 11.8 Å². The van der Waals surface area contributed by atoms with Gasteiger partial charge in [0.25, 0.3) is 0 Å². The zero-order valence-corrected chi connectivity index (χ0v) is 12.4. The summed E-state index contributed by atoms with van der Waals surface area (Å²) in [5.74, 6) is 1.67. The summed E-state index contributed by atoms with van der Waals surface area (Å²) in [5, 5.41) is 3.58. The Morgan fingerprint density at radius 2 is 1.68 bits per heavy atom. The van der Waals surface area contributed by atoms with Crippen molar-refractivity contribution >= 4 is 5.69 Å². The van der Waals surface area contributed by atoms with Crippen molar-refractivity contribution in [1.29, 1.82) is 0 Å². The van der Waals surface area contributed by atoms with Crippen molar-refractivity contribution < 1.29 is 0 Å². The molecule has 1 aromatic carbocycles. The van der Waals surface area contributed by atoms with E-state index in [1.807, 2.05) is 0 Å². The molecule has 1 N–H and O–H groups in total. The van der Waals surface area contributed by atoms with Crippen LogP contribution in [0.5, 0.6) is 0 Å². The molecule has 0 aliphatic carbocycles. The van der Waals surface area contributed by atoms with Crippen LogP contribution in [0.2, 0.25) is 0 Å². The van der Waals surface area contributed by atoms with Crippen molar-refractivity contribution in [3.8, 4) is 0 Å². The second kappa shape index (κ2) is 4.82. The Hall–Kier alpha value is -1.02. The number of hydrogen-bond donors (Lipinski definition) is 1. The highest BCUT2D eigenvalue weighted by atomic mass is 15.2. The molecule has 0 spiro atoms. The minimum absolute atomic E-state index is 0.224. The fraction of sp³-hybridized carbons (Fsp3) is 0.647. The van der Waals surface area contributed by atoms with Crippen LogP contribution in [0.3, 0.4) is 0 Å². The van der Waals surface area contributed by atoms with Gasteiger partial charge in [-0.3, -0.25) is 0 Å². The van der Waals surface area contributed by atoms with Gasteiger partial charge in [0.05, 0.1) is 0 Å². The maximum atomic E-state index is 3.58. The first-order chi connectivity index (χ1) is 9.04. The maximum Gasteiger partial charge on any atom is 0.0404 e. The topological polar surface area (TPSA) is 15.3 Å². The van der Waals surface area contributed by atoms with E-state index in [1.54, 1.807) is 0 Å². The number of para-hydroxylation sites is 1. The average molecular weight is 258 g/mol. The van der Waals surface area contributed by atoms with Gasteiger partial charge in [-0.25, -0.2) is 0 Å². The summed E-state index contributed by atoms with van der Waals surface area (Å²) in [6.07, 6.45) is 1.42. The van der Waals surface area contributed by atoms with Gasteiger partial charge in [0.1, 0.15) is 0 Å². The zero-order valence-electron chi connectivity index (χ0n) is 12.4. The molecule has 2 atom stereocenters. The summed E-state index contributed by atoms with van der Waals surface area (Å²) in [7, 11) is 0. The lowest BCUT2D eigenvalue weighted by molar-refractivity contribution is 0.249. The lowest BCUT2D eigenvalue weighted by Gasteiger charge is -2.44. The van der Waals surface area contributed by atoms with Crippen LogP contribution in [-0.4, -0.2) is 26.2 Å². The molecule has 2 aliphatic rings. The van der Waals surface area contributed by atoms with Gasteiger partial charge in [0, 0.05) is 18.8 Å². The standard InChI is InChI=1S/C17H26N2/c1-17(2,3)15-6-4-5-7-16(15)19-11-13-8-14(12-19)10-18-9-13/h4-7,13-14,18H,8-12H2,1-3H3. The van der Waals surface area contributed by atoms with E-state index in [0.717, 1.165) is 11.8 Å². The zero-order chi connectivity index (χ0) is 13.5. The third-order valence-electron chi connectivity index (χ3n) is 4.54. The molecular weight excluding hydrogens is 232 g/mol. The second-order valence-electron chi connectivity index (χ2n) is 7.30. The molecular formula is C17H26N2. The number of rotatable bonds is 1. The summed E-state index contributed by atoms with van der Waals surface area (Å²) in [6.45, 7) is 11.8. The van der Waals surface area contributed by atoms with E-state index < -0.39 is 0 Å². The largest absolute Gasteiger partial charge is 0.371 e. The molecule has 3 rings (SSSR count). The van der Waals surface area contributed by atoms with Crippen LogP contribution in [0, 0.1) is 11.8 Å². The molecule has 0 radical (unpaired) electrons. The van der Waals surface area contributed by atoms with Gasteiger partial charge in [-0.2, -0.15) is 0 Å². The van der Waals surface area contributed by atoms with Crippen LogP contribution in [-0.2, 0) is 5.41 Å². The molecule has 2 bridgehead atoms. The minimum atomic E-state index is 0.224. The Morgan fingerprint density at radius 1 is 1.05 bits per heavy atom. The lowest BCUT2D eigenvalue weighted by atomic mass is 9.82. The van der Waals surface area contributed by atoms with Crippen LogP contribution in [0.25, 0.3) is 0 Å². The van der Waals surface area contributed by atoms with E-state index in [0.29, 0.717) is 0 Å². The molecule has 2 aliphatic heterocycles. The van der Waals surface area contributed by atoms with E-state index in [1.165, 1.54) is 43.9 Å². The molecule has 2 heteroatoms. The minimum Gasteiger partial charge on any atom is -0.371 e. The van der Waals surface area contributed by atoms with Gasteiger partial charge < -0.3 is 10.2 Å². The average Bonchev–Trinajstić information content (AvgIpc) is 2.37. The third-order valence-corrected chi connectivity index (χ3v) is 4.54. The van der Waals surface area contributed by atoms with Crippen LogP contribution < -0.4 is 10.2 Å². The second-order valence-corrected chi connectivity index (χ2v) is 7.30. The SMILES string of the molecule is CC(C)(C)c1ccccc1N1CC2CNCC(C2)C1. The number of hydrogen-bond acceptors (Lipinski definition) is 2. The summed E-state index contributed by atoms with van der Waals surface area (Å²) in [4.78, 5) is 2.64. The third kappa shape index (κ3) is 2.64. The van der Waals surface area contributed by atoms with Crippen molar-refractivity contribution in [1.82, 2.24) is 5.32 Å². The van der Waals surface area contributed by atoms with Crippen LogP contribution in [0.15, 0.2) is 24.3 Å². The molecule has 0 saturated carbocycles. The van der Waals surface area contributed by atoms with Crippen LogP contribution in [0.1, 0.15) is 32.8 Å². The maximum absolute atomic E-state index is 3.58. The molecule has 2 heterocycles. The first kappa shape index (κ1) is 13.0. The van der Waals surface area contributed by atoms with Crippen LogP contribution >= 0.6 is 0 Å². The molecule has 0 aromatic heterocycles. The molecule has 0 amide bonds. The van der Waals surface area contributed by atoms with Gasteiger partial charge in [0.2, 0.25) is 0 Å². The van der Waals surface area contributed by atoms with Gasteiger partial charge in [-0.1, -0.05) is 39.0 Å². The van der Waals surface area contributed by atoms with E-state index >= 15 is 0 Å². The quantitative estimate of drug-likeness (QED) is 0.833. The highest BCUT2D eigenvalue weighted by Gasteiger charge is 2.32. The van der Waals surface area contributed by atoms with Gasteiger partial charge in [-0.15, -0.1) is 0 Å². The number of fused-ring (bicyclic) bond motifs is 2. The lowest BCUT2D eigenvalue weighted by Crippen LogP contribution is -2.51. The van der Waals surface area contributed by atoms with E-state index in [-0.39, 0.29) is 5.41 Å². The molecule has 2 unspecified atom stereocenters. The first-order valence-electron chi connectivity index (χ1n) is 7.59. The Labute approximate surface area is 117 Å². The Morgan fingerprint density at radius 3 is 2.32 bits per heavy atom. The smallest absolute Gasteiger partial charge is 0.0404 e. The van der Waals surface area contributed by atoms with E-state index in [4.69, 9.17) is 0 Å². The van der Waals surface area contributed by atoms with Crippen molar-refractivity contribution in [2.75, 3.05) is 31.1 Å². The molecule has 2 nitrogen and oxygen atoms in total. The van der Waals surface area contributed by atoms with Crippen molar-refractivity contribution in [3.05, 3.63) is 29.8 Å². The number of anilines is 1. The summed E-state index contributed by atoms with van der Waals surface area (Å²) in [5.41, 5.74) is 3.18. The highest BCUT2D eigenvalue weighted by molar-refractivity contribution is 5.56. The predicted octanol–water partition coefficient (Wildman–Crippen LogP) is 3.03.